The van der Waals surface area contributed by atoms with E-state index in [-0.39, 0.29) is 16.5 Å². The summed E-state index contributed by atoms with van der Waals surface area (Å²) in [5.41, 5.74) is 1.06. The third-order valence-electron chi connectivity index (χ3n) is 5.85. The third kappa shape index (κ3) is 5.37. The lowest BCUT2D eigenvalue weighted by Gasteiger charge is -2.37. The van der Waals surface area contributed by atoms with E-state index in [1.165, 1.54) is 12.1 Å². The molecule has 0 saturated carbocycles. The van der Waals surface area contributed by atoms with Crippen molar-refractivity contribution in [3.63, 3.8) is 0 Å². The van der Waals surface area contributed by atoms with Crippen LogP contribution in [0.4, 0.5) is 20.2 Å². The van der Waals surface area contributed by atoms with Crippen LogP contribution in [-0.4, -0.2) is 59.1 Å². The Hall–Kier alpha value is -3.66. The summed E-state index contributed by atoms with van der Waals surface area (Å²) >= 11 is 0. The molecule has 1 fully saturated rings. The van der Waals surface area contributed by atoms with Gasteiger partial charge < -0.3 is 14.5 Å². The second-order valence-electron chi connectivity index (χ2n) is 7.98. The SMILES string of the molecule is COc1ccccc1N1CCN(C(=O)CN(c2ccc(F)cc2)S(=O)(=O)c2ccc(F)cc2)CC1. The van der Waals surface area contributed by atoms with E-state index >= 15 is 0 Å². The van der Waals surface area contributed by atoms with Crippen LogP contribution in [0.5, 0.6) is 5.75 Å². The molecule has 35 heavy (non-hydrogen) atoms. The molecule has 0 aliphatic carbocycles. The van der Waals surface area contributed by atoms with Gasteiger partial charge in [-0.05, 0) is 60.7 Å². The molecule has 7 nitrogen and oxygen atoms in total. The van der Waals surface area contributed by atoms with Crippen LogP contribution in [0.3, 0.4) is 0 Å². The molecule has 1 heterocycles. The Morgan fingerprint density at radius 3 is 2.06 bits per heavy atom. The molecule has 3 aromatic carbocycles. The quantitative estimate of drug-likeness (QED) is 0.496. The molecule has 10 heteroatoms. The minimum Gasteiger partial charge on any atom is -0.495 e. The minimum atomic E-state index is -4.21. The monoisotopic (exact) mass is 501 g/mol. The van der Waals surface area contributed by atoms with Crippen molar-refractivity contribution in [3.8, 4) is 5.75 Å². The van der Waals surface area contributed by atoms with Gasteiger partial charge in [-0.15, -0.1) is 0 Å². The number of carbonyl (C=O) groups is 1. The van der Waals surface area contributed by atoms with E-state index < -0.39 is 28.2 Å². The lowest BCUT2D eigenvalue weighted by atomic mass is 10.2. The number of rotatable bonds is 7. The third-order valence-corrected chi connectivity index (χ3v) is 7.64. The molecule has 0 N–H and O–H groups in total. The fourth-order valence-electron chi connectivity index (χ4n) is 3.97. The highest BCUT2D eigenvalue weighted by atomic mass is 32.2. The average molecular weight is 502 g/mol. The van der Waals surface area contributed by atoms with Crippen molar-refractivity contribution in [3.05, 3.63) is 84.4 Å². The molecule has 184 valence electrons. The highest BCUT2D eigenvalue weighted by Gasteiger charge is 2.30. The highest BCUT2D eigenvalue weighted by Crippen LogP contribution is 2.29. The lowest BCUT2D eigenvalue weighted by Crippen LogP contribution is -2.52. The maximum Gasteiger partial charge on any atom is 0.264 e. The standard InChI is InChI=1S/C25H25F2N3O4S/c1-34-24-5-3-2-4-23(24)28-14-16-29(17-15-28)25(31)18-30(21-10-6-19(26)7-11-21)35(32,33)22-12-8-20(27)9-13-22/h2-13H,14-18H2,1H3. The number of methoxy groups -OCH3 is 1. The predicted octanol–water partition coefficient (Wildman–Crippen LogP) is 3.52. The first kappa shape index (κ1) is 24.5. The van der Waals surface area contributed by atoms with Gasteiger partial charge in [0.15, 0.2) is 0 Å². The van der Waals surface area contributed by atoms with E-state index in [1.807, 2.05) is 24.3 Å². The van der Waals surface area contributed by atoms with E-state index in [4.69, 9.17) is 4.74 Å². The molecule has 1 aliphatic rings. The van der Waals surface area contributed by atoms with Crippen molar-refractivity contribution in [1.82, 2.24) is 4.90 Å². The van der Waals surface area contributed by atoms with Gasteiger partial charge in [0.05, 0.1) is 23.4 Å². The van der Waals surface area contributed by atoms with Crippen molar-refractivity contribution in [2.75, 3.05) is 49.0 Å². The Balaban J connectivity index is 1.53. The highest BCUT2D eigenvalue weighted by molar-refractivity contribution is 7.92. The number of ether oxygens (including phenoxy) is 1. The van der Waals surface area contributed by atoms with Crippen LogP contribution in [0.1, 0.15) is 0 Å². The average Bonchev–Trinajstić information content (AvgIpc) is 2.88. The molecule has 0 atom stereocenters. The first-order chi connectivity index (χ1) is 16.8. The van der Waals surface area contributed by atoms with Crippen LogP contribution >= 0.6 is 0 Å². The van der Waals surface area contributed by atoms with Gasteiger partial charge in [0.25, 0.3) is 10.0 Å². The molecule has 0 unspecified atom stereocenters. The van der Waals surface area contributed by atoms with Gasteiger partial charge in [0, 0.05) is 26.2 Å². The number of amides is 1. The van der Waals surface area contributed by atoms with E-state index in [2.05, 4.69) is 4.90 Å². The molecule has 1 aliphatic heterocycles. The number of benzene rings is 3. The first-order valence-corrected chi connectivity index (χ1v) is 12.4. The summed E-state index contributed by atoms with van der Waals surface area (Å²) in [5, 5.41) is 0. The summed E-state index contributed by atoms with van der Waals surface area (Å²) in [4.78, 5) is 16.7. The maximum atomic E-state index is 13.5. The number of halogens is 2. The molecular weight excluding hydrogens is 476 g/mol. The number of sulfonamides is 1. The zero-order valence-corrected chi connectivity index (χ0v) is 19.9. The number of hydrogen-bond donors (Lipinski definition) is 0. The smallest absolute Gasteiger partial charge is 0.264 e. The van der Waals surface area contributed by atoms with Gasteiger partial charge in [0.1, 0.15) is 23.9 Å². The molecule has 4 rings (SSSR count). The van der Waals surface area contributed by atoms with E-state index in [1.54, 1.807) is 12.0 Å². The maximum absolute atomic E-state index is 13.5. The van der Waals surface area contributed by atoms with E-state index in [9.17, 15) is 22.0 Å². The van der Waals surface area contributed by atoms with Crippen LogP contribution in [-0.2, 0) is 14.8 Å². The number of nitrogens with zero attached hydrogens (tertiary/aromatic N) is 3. The van der Waals surface area contributed by atoms with Gasteiger partial charge in [-0.1, -0.05) is 12.1 Å². The number of para-hydroxylation sites is 2. The number of anilines is 2. The second kappa shape index (κ2) is 10.3. The molecule has 1 saturated heterocycles. The molecule has 0 bridgehead atoms. The largest absolute Gasteiger partial charge is 0.495 e. The van der Waals surface area contributed by atoms with Crippen molar-refractivity contribution in [2.24, 2.45) is 0 Å². The zero-order chi connectivity index (χ0) is 25.0. The molecule has 0 radical (unpaired) electrons. The normalized spacial score (nSPS) is 14.0. The Kier molecular flexibility index (Phi) is 7.20. The fraction of sp³-hybridized carbons (Fsp3) is 0.240. The molecule has 0 aromatic heterocycles. The summed E-state index contributed by atoms with van der Waals surface area (Å²) < 4.78 is 60.0. The van der Waals surface area contributed by atoms with Crippen LogP contribution in [0.2, 0.25) is 0 Å². The summed E-state index contributed by atoms with van der Waals surface area (Å²) in [6.45, 7) is 1.41. The molecular formula is C25H25F2N3O4S. The van der Waals surface area contributed by atoms with Crippen LogP contribution < -0.4 is 13.9 Å². The summed E-state index contributed by atoms with van der Waals surface area (Å²) in [5.74, 6) is -0.771. The van der Waals surface area contributed by atoms with Crippen molar-refractivity contribution >= 4 is 27.3 Å². The van der Waals surface area contributed by atoms with Gasteiger partial charge >= 0.3 is 0 Å². The Morgan fingerprint density at radius 1 is 0.886 bits per heavy atom. The molecule has 3 aromatic rings. The minimum absolute atomic E-state index is 0.136. The summed E-state index contributed by atoms with van der Waals surface area (Å²) in [6, 6.07) is 16.8. The van der Waals surface area contributed by atoms with Crippen molar-refractivity contribution in [2.45, 2.75) is 4.90 Å². The second-order valence-corrected chi connectivity index (χ2v) is 9.84. The Labute approximate surface area is 203 Å². The van der Waals surface area contributed by atoms with E-state index in [0.29, 0.717) is 26.2 Å². The van der Waals surface area contributed by atoms with Gasteiger partial charge in [0.2, 0.25) is 5.91 Å². The number of piperazine rings is 1. The van der Waals surface area contributed by atoms with Crippen LogP contribution in [0, 0.1) is 11.6 Å². The number of hydrogen-bond acceptors (Lipinski definition) is 5. The van der Waals surface area contributed by atoms with Gasteiger partial charge in [-0.2, -0.15) is 0 Å². The van der Waals surface area contributed by atoms with Crippen molar-refractivity contribution < 1.29 is 26.7 Å². The summed E-state index contributed by atoms with van der Waals surface area (Å²) in [7, 11) is -2.61. The number of carbonyl (C=O) groups excluding carboxylic acids is 1. The fourth-order valence-corrected chi connectivity index (χ4v) is 5.38. The first-order valence-electron chi connectivity index (χ1n) is 11.0. The van der Waals surface area contributed by atoms with Crippen molar-refractivity contribution in [1.29, 1.82) is 0 Å². The molecule has 1 amide bonds. The predicted molar refractivity (Wildman–Crippen MR) is 129 cm³/mol. The summed E-state index contributed by atoms with van der Waals surface area (Å²) in [6.07, 6.45) is 0. The van der Waals surface area contributed by atoms with Gasteiger partial charge in [-0.25, -0.2) is 17.2 Å². The van der Waals surface area contributed by atoms with E-state index in [0.717, 1.165) is 52.1 Å². The van der Waals surface area contributed by atoms with Crippen LogP contribution in [0.25, 0.3) is 0 Å². The zero-order valence-electron chi connectivity index (χ0n) is 19.1. The lowest BCUT2D eigenvalue weighted by molar-refractivity contribution is -0.129. The van der Waals surface area contributed by atoms with Gasteiger partial charge in [-0.3, -0.25) is 9.10 Å². The topological polar surface area (TPSA) is 70.2 Å². The Bertz CT molecular complexity index is 1280. The Morgan fingerprint density at radius 2 is 1.46 bits per heavy atom. The van der Waals surface area contributed by atoms with Crippen LogP contribution in [0.15, 0.2) is 77.7 Å². The molecule has 0 spiro atoms.